The Morgan fingerprint density at radius 3 is 3.05 bits per heavy atom. The lowest BCUT2D eigenvalue weighted by molar-refractivity contribution is 0.0688. The van der Waals surface area contributed by atoms with E-state index < -0.39 is 0 Å². The lowest BCUT2D eigenvalue weighted by Crippen LogP contribution is -2.35. The molecule has 1 saturated carbocycles. The number of rotatable bonds is 3. The fourth-order valence-electron chi connectivity index (χ4n) is 3.95. The van der Waals surface area contributed by atoms with Crippen LogP contribution in [0.2, 0.25) is 0 Å². The van der Waals surface area contributed by atoms with Gasteiger partial charge in [0.2, 0.25) is 0 Å². The minimum atomic E-state index is -0.296. The Labute approximate surface area is 112 Å². The summed E-state index contributed by atoms with van der Waals surface area (Å²) in [5, 5.41) is 3.65. The van der Waals surface area contributed by atoms with Gasteiger partial charge in [-0.25, -0.2) is 0 Å². The first-order valence-corrected chi connectivity index (χ1v) is 6.94. The van der Waals surface area contributed by atoms with Gasteiger partial charge >= 0.3 is 0 Å². The highest BCUT2D eigenvalue weighted by Crippen LogP contribution is 2.56. The van der Waals surface area contributed by atoms with E-state index in [1.165, 1.54) is 12.0 Å². The maximum atomic E-state index is 12.8. The largest absolute Gasteiger partial charge is 0.294 e. The molecule has 4 nitrogen and oxygen atoms in total. The molecule has 0 bridgehead atoms. The molecule has 0 spiro atoms. The Morgan fingerprint density at radius 1 is 1.37 bits per heavy atom. The van der Waals surface area contributed by atoms with E-state index in [2.05, 4.69) is 16.1 Å². The van der Waals surface area contributed by atoms with Crippen molar-refractivity contribution in [1.29, 1.82) is 0 Å². The van der Waals surface area contributed by atoms with Crippen molar-refractivity contribution in [2.75, 3.05) is 6.54 Å². The molecule has 98 valence electrons. The predicted octanol–water partition coefficient (Wildman–Crippen LogP) is 4.23. The molecule has 0 radical (unpaired) electrons. The molecular formula is C15H17N3O. The Balaban J connectivity index is 2.01. The smallest absolute Gasteiger partial charge is 0.169 e. The average Bonchev–Trinajstić information content (AvgIpc) is 2.71. The number of hydrogen-bond donors (Lipinski definition) is 0. The number of hydrogen-bond acceptors (Lipinski definition) is 2. The van der Waals surface area contributed by atoms with Gasteiger partial charge in [-0.3, -0.25) is 4.79 Å². The van der Waals surface area contributed by atoms with Gasteiger partial charge in [0.15, 0.2) is 5.78 Å². The van der Waals surface area contributed by atoms with Crippen LogP contribution in [0.4, 0.5) is 0 Å². The molecule has 4 heteroatoms. The molecule has 1 aromatic rings. The molecule has 19 heavy (non-hydrogen) atoms. The molecule has 1 aromatic carbocycles. The minimum Gasteiger partial charge on any atom is -0.294 e. The summed E-state index contributed by atoms with van der Waals surface area (Å²) in [6.45, 7) is 0.423. The van der Waals surface area contributed by atoms with Crippen molar-refractivity contribution in [2.45, 2.75) is 38.0 Å². The van der Waals surface area contributed by atoms with Crippen molar-refractivity contribution in [3.8, 4) is 0 Å². The van der Waals surface area contributed by atoms with E-state index in [0.717, 1.165) is 24.8 Å². The average molecular weight is 255 g/mol. The maximum absolute atomic E-state index is 12.8. The molecule has 0 saturated heterocycles. The predicted molar refractivity (Wildman–Crippen MR) is 73.0 cm³/mol. The van der Waals surface area contributed by atoms with Crippen LogP contribution in [-0.2, 0) is 0 Å². The van der Waals surface area contributed by atoms with Crippen LogP contribution in [0.15, 0.2) is 29.4 Å². The Morgan fingerprint density at radius 2 is 2.21 bits per heavy atom. The van der Waals surface area contributed by atoms with Crippen molar-refractivity contribution in [1.82, 2.24) is 0 Å². The topological polar surface area (TPSA) is 65.8 Å². The van der Waals surface area contributed by atoms with Gasteiger partial charge in [-0.1, -0.05) is 42.2 Å². The summed E-state index contributed by atoms with van der Waals surface area (Å²) < 4.78 is 0. The third-order valence-electron chi connectivity index (χ3n) is 4.79. The first kappa shape index (κ1) is 12.2. The fourth-order valence-corrected chi connectivity index (χ4v) is 3.95. The zero-order valence-corrected chi connectivity index (χ0v) is 10.9. The lowest BCUT2D eigenvalue weighted by Gasteiger charge is -2.38. The number of benzene rings is 1. The second kappa shape index (κ2) is 4.71. The number of carbonyl (C=O) groups is 1. The highest BCUT2D eigenvalue weighted by molar-refractivity contribution is 6.06. The molecule has 2 aliphatic rings. The second-order valence-corrected chi connectivity index (χ2v) is 5.58. The number of nitrogens with zero attached hydrogens (tertiary/aromatic N) is 3. The van der Waals surface area contributed by atoms with Crippen molar-refractivity contribution in [3.05, 3.63) is 45.8 Å². The quantitative estimate of drug-likeness (QED) is 0.453. The van der Waals surface area contributed by atoms with Gasteiger partial charge in [0, 0.05) is 22.4 Å². The monoisotopic (exact) mass is 255 g/mol. The summed E-state index contributed by atoms with van der Waals surface area (Å²) in [7, 11) is 0. The van der Waals surface area contributed by atoms with E-state index in [0.29, 0.717) is 18.9 Å². The molecule has 2 atom stereocenters. The molecule has 0 N–H and O–H groups in total. The van der Waals surface area contributed by atoms with E-state index in [1.807, 2.05) is 18.2 Å². The van der Waals surface area contributed by atoms with Crippen LogP contribution in [0.1, 0.15) is 53.9 Å². The van der Waals surface area contributed by atoms with Gasteiger partial charge in [-0.2, -0.15) is 0 Å². The number of ketones is 1. The molecule has 3 rings (SSSR count). The standard InChI is InChI=1S/C15H17N3O/c16-18-17-10-9-15-8-4-3-7-13(15)11-5-1-2-6-12(11)14(15)19/h1-2,5-6,13H,3-4,7-10H2/t13-,15+/m0/s1. The summed E-state index contributed by atoms with van der Waals surface area (Å²) in [6.07, 6.45) is 5.00. The van der Waals surface area contributed by atoms with Gasteiger partial charge in [-0.15, -0.1) is 0 Å². The third-order valence-corrected chi connectivity index (χ3v) is 4.79. The van der Waals surface area contributed by atoms with Crippen LogP contribution in [0.3, 0.4) is 0 Å². The molecule has 1 fully saturated rings. The van der Waals surface area contributed by atoms with Crippen LogP contribution in [0.5, 0.6) is 0 Å². The number of azide groups is 1. The number of fused-ring (bicyclic) bond motifs is 3. The van der Waals surface area contributed by atoms with Gasteiger partial charge in [0.25, 0.3) is 0 Å². The number of carbonyl (C=O) groups excluding carboxylic acids is 1. The first-order valence-electron chi connectivity index (χ1n) is 6.94. The minimum absolute atomic E-state index is 0.279. The Hall–Kier alpha value is -1.80. The van der Waals surface area contributed by atoms with E-state index in [9.17, 15) is 4.79 Å². The summed E-state index contributed by atoms with van der Waals surface area (Å²) in [5.41, 5.74) is 10.3. The normalized spacial score (nSPS) is 28.4. The summed E-state index contributed by atoms with van der Waals surface area (Å²) in [4.78, 5) is 15.6. The zero-order valence-electron chi connectivity index (χ0n) is 10.9. The number of Topliss-reactive ketones (excluding diaryl/α,β-unsaturated/α-hetero) is 1. The third kappa shape index (κ3) is 1.75. The van der Waals surface area contributed by atoms with Crippen LogP contribution in [0.25, 0.3) is 10.4 Å². The van der Waals surface area contributed by atoms with Crippen molar-refractivity contribution in [2.24, 2.45) is 10.5 Å². The molecule has 0 aromatic heterocycles. The summed E-state index contributed by atoms with van der Waals surface area (Å²) >= 11 is 0. The molecule has 2 aliphatic carbocycles. The van der Waals surface area contributed by atoms with Crippen molar-refractivity contribution >= 4 is 5.78 Å². The fraction of sp³-hybridized carbons (Fsp3) is 0.533. The molecule has 0 amide bonds. The second-order valence-electron chi connectivity index (χ2n) is 5.58. The Kier molecular flexibility index (Phi) is 3.03. The van der Waals surface area contributed by atoms with Crippen LogP contribution < -0.4 is 0 Å². The summed E-state index contributed by atoms with van der Waals surface area (Å²) in [5.74, 6) is 0.611. The Bertz CT molecular complexity index is 562. The molecule has 0 aliphatic heterocycles. The lowest BCUT2D eigenvalue weighted by atomic mass is 9.64. The van der Waals surface area contributed by atoms with Gasteiger partial charge in [0.1, 0.15) is 0 Å². The van der Waals surface area contributed by atoms with Crippen LogP contribution in [0, 0.1) is 5.41 Å². The SMILES string of the molecule is [N-]=[N+]=NCC[C@]12CCCC[C@H]1c1ccccc1C2=O. The van der Waals surface area contributed by atoms with E-state index >= 15 is 0 Å². The molecule has 0 unspecified atom stereocenters. The zero-order chi connectivity index (χ0) is 13.3. The van der Waals surface area contributed by atoms with Gasteiger partial charge < -0.3 is 0 Å². The van der Waals surface area contributed by atoms with Gasteiger partial charge in [-0.05, 0) is 36.3 Å². The van der Waals surface area contributed by atoms with E-state index in [4.69, 9.17) is 5.53 Å². The molecule has 0 heterocycles. The van der Waals surface area contributed by atoms with E-state index in [1.54, 1.807) is 0 Å². The maximum Gasteiger partial charge on any atom is 0.169 e. The highest BCUT2D eigenvalue weighted by Gasteiger charge is 2.52. The van der Waals surface area contributed by atoms with E-state index in [-0.39, 0.29) is 11.2 Å². The van der Waals surface area contributed by atoms with Crippen LogP contribution >= 0.6 is 0 Å². The van der Waals surface area contributed by atoms with Crippen molar-refractivity contribution < 1.29 is 4.79 Å². The highest BCUT2D eigenvalue weighted by atomic mass is 16.1. The van der Waals surface area contributed by atoms with Crippen molar-refractivity contribution in [3.63, 3.8) is 0 Å². The first-order chi connectivity index (χ1) is 9.29. The molecular weight excluding hydrogens is 238 g/mol. The van der Waals surface area contributed by atoms with Gasteiger partial charge in [0.05, 0.1) is 0 Å². The summed E-state index contributed by atoms with van der Waals surface area (Å²) in [6, 6.07) is 8.00. The van der Waals surface area contributed by atoms with Crippen LogP contribution in [-0.4, -0.2) is 12.3 Å².